The normalized spacial score (nSPS) is 16.8. The highest BCUT2D eigenvalue weighted by molar-refractivity contribution is 5.20. The van der Waals surface area contributed by atoms with Gasteiger partial charge < -0.3 is 10.1 Å². The van der Waals surface area contributed by atoms with Crippen LogP contribution in [0.3, 0.4) is 0 Å². The summed E-state index contributed by atoms with van der Waals surface area (Å²) in [6, 6.07) is 6.84. The molecule has 1 aromatic carbocycles. The lowest BCUT2D eigenvalue weighted by molar-refractivity contribution is 0.217. The van der Waals surface area contributed by atoms with E-state index in [-0.39, 0.29) is 11.9 Å². The molecule has 0 bridgehead atoms. The molecule has 0 aromatic heterocycles. The van der Waals surface area contributed by atoms with E-state index in [0.29, 0.717) is 0 Å². The average Bonchev–Trinajstić information content (AvgIpc) is 2.79. The number of nitrogens with one attached hydrogen (secondary N) is 1. The molecule has 1 unspecified atom stereocenters. The smallest absolute Gasteiger partial charge is 0.123 e. The van der Waals surface area contributed by atoms with Crippen LogP contribution < -0.4 is 5.32 Å². The van der Waals surface area contributed by atoms with Crippen LogP contribution >= 0.6 is 0 Å². The molecule has 1 atom stereocenters. The van der Waals surface area contributed by atoms with E-state index in [1.807, 2.05) is 13.1 Å². The van der Waals surface area contributed by atoms with Crippen LogP contribution in [0.25, 0.3) is 0 Å². The first kappa shape index (κ1) is 11.1. The Hall–Kier alpha value is -1.35. The number of ether oxygens (including phenoxy) is 1. The van der Waals surface area contributed by atoms with Crippen molar-refractivity contribution in [2.75, 3.05) is 13.7 Å². The van der Waals surface area contributed by atoms with Crippen molar-refractivity contribution in [2.24, 2.45) is 0 Å². The average molecular weight is 221 g/mol. The van der Waals surface area contributed by atoms with Crippen LogP contribution in [-0.2, 0) is 11.2 Å². The van der Waals surface area contributed by atoms with Crippen molar-refractivity contribution in [3.05, 3.63) is 47.5 Å². The van der Waals surface area contributed by atoms with Gasteiger partial charge in [-0.2, -0.15) is 0 Å². The number of benzene rings is 1. The summed E-state index contributed by atoms with van der Waals surface area (Å²) >= 11 is 0. The molecule has 0 saturated carbocycles. The predicted octanol–water partition coefficient (Wildman–Crippen LogP) is 2.26. The largest absolute Gasteiger partial charge is 0.496 e. The lowest BCUT2D eigenvalue weighted by Crippen LogP contribution is -2.30. The maximum Gasteiger partial charge on any atom is 0.123 e. The van der Waals surface area contributed by atoms with E-state index in [1.165, 1.54) is 6.07 Å². The molecule has 3 heteroatoms. The number of rotatable bonds is 4. The van der Waals surface area contributed by atoms with Crippen molar-refractivity contribution in [1.29, 1.82) is 0 Å². The van der Waals surface area contributed by atoms with Crippen molar-refractivity contribution in [3.63, 3.8) is 0 Å². The molecule has 0 radical (unpaired) electrons. The molecule has 0 saturated heterocycles. The van der Waals surface area contributed by atoms with Gasteiger partial charge >= 0.3 is 0 Å². The van der Waals surface area contributed by atoms with E-state index < -0.39 is 0 Å². The lowest BCUT2D eigenvalue weighted by Gasteiger charge is -2.17. The van der Waals surface area contributed by atoms with Gasteiger partial charge in [-0.1, -0.05) is 12.1 Å². The fourth-order valence-electron chi connectivity index (χ4n) is 1.92. The van der Waals surface area contributed by atoms with Gasteiger partial charge in [-0.05, 0) is 37.2 Å². The van der Waals surface area contributed by atoms with Crippen molar-refractivity contribution in [2.45, 2.75) is 18.9 Å². The number of likely N-dealkylation sites (N-methyl/N-ethyl adjacent to an activating group) is 1. The highest BCUT2D eigenvalue weighted by Crippen LogP contribution is 2.17. The summed E-state index contributed by atoms with van der Waals surface area (Å²) in [6.45, 7) is 0.761. The number of hydrogen-bond donors (Lipinski definition) is 1. The van der Waals surface area contributed by atoms with Gasteiger partial charge in [0, 0.05) is 6.42 Å². The molecule has 2 nitrogen and oxygen atoms in total. The summed E-state index contributed by atoms with van der Waals surface area (Å²) in [6.07, 6.45) is 3.82. The molecule has 86 valence electrons. The molecule has 1 aliphatic rings. The third-order valence-corrected chi connectivity index (χ3v) is 2.75. The minimum Gasteiger partial charge on any atom is -0.496 e. The Morgan fingerprint density at radius 1 is 1.50 bits per heavy atom. The Morgan fingerprint density at radius 2 is 2.38 bits per heavy atom. The maximum atomic E-state index is 13.0. The van der Waals surface area contributed by atoms with Crippen LogP contribution in [0.15, 0.2) is 36.1 Å². The summed E-state index contributed by atoms with van der Waals surface area (Å²) < 4.78 is 18.5. The summed E-state index contributed by atoms with van der Waals surface area (Å²) in [5.41, 5.74) is 0.982. The van der Waals surface area contributed by atoms with Crippen LogP contribution in [-0.4, -0.2) is 19.7 Å². The lowest BCUT2D eigenvalue weighted by atomic mass is 10.0. The van der Waals surface area contributed by atoms with Crippen molar-refractivity contribution in [1.82, 2.24) is 5.32 Å². The Bertz CT molecular complexity index is 389. The third kappa shape index (κ3) is 2.61. The van der Waals surface area contributed by atoms with Gasteiger partial charge in [-0.3, -0.25) is 0 Å². The summed E-state index contributed by atoms with van der Waals surface area (Å²) in [4.78, 5) is 0. The van der Waals surface area contributed by atoms with E-state index in [9.17, 15) is 4.39 Å². The van der Waals surface area contributed by atoms with Gasteiger partial charge in [0.05, 0.1) is 12.6 Å². The summed E-state index contributed by atoms with van der Waals surface area (Å²) in [5.74, 6) is 0.792. The zero-order valence-electron chi connectivity index (χ0n) is 9.37. The third-order valence-electron chi connectivity index (χ3n) is 2.75. The molecule has 1 N–H and O–H groups in total. The Balaban J connectivity index is 2.06. The van der Waals surface area contributed by atoms with E-state index in [4.69, 9.17) is 4.74 Å². The summed E-state index contributed by atoms with van der Waals surface area (Å²) in [5, 5.41) is 3.20. The first-order valence-electron chi connectivity index (χ1n) is 5.54. The van der Waals surface area contributed by atoms with Crippen molar-refractivity contribution < 1.29 is 9.13 Å². The minimum absolute atomic E-state index is 0.143. The maximum absolute atomic E-state index is 13.0. The quantitative estimate of drug-likeness (QED) is 0.842. The van der Waals surface area contributed by atoms with E-state index >= 15 is 0 Å². The highest BCUT2D eigenvalue weighted by Gasteiger charge is 2.17. The first-order valence-corrected chi connectivity index (χ1v) is 5.54. The standard InChI is InChI=1S/C13H16FNO/c1-15-12(13-6-3-7-16-13)9-10-4-2-5-11(14)8-10/h2,4-6,8,12,15H,3,7,9H2,1H3. The molecule has 0 spiro atoms. The van der Waals surface area contributed by atoms with Crippen LogP contribution in [0, 0.1) is 5.82 Å². The van der Waals surface area contributed by atoms with E-state index in [1.54, 1.807) is 12.1 Å². The molecule has 16 heavy (non-hydrogen) atoms. The second-order valence-corrected chi connectivity index (χ2v) is 3.92. The molecular weight excluding hydrogens is 205 g/mol. The van der Waals surface area contributed by atoms with Gasteiger partial charge in [0.2, 0.25) is 0 Å². The molecule has 0 fully saturated rings. The van der Waals surface area contributed by atoms with Gasteiger partial charge in [-0.15, -0.1) is 0 Å². The zero-order chi connectivity index (χ0) is 11.4. The molecule has 0 aliphatic carbocycles. The predicted molar refractivity (Wildman–Crippen MR) is 61.6 cm³/mol. The minimum atomic E-state index is -0.186. The molecule has 1 aliphatic heterocycles. The molecule has 0 amide bonds. The molecule has 1 aromatic rings. The van der Waals surface area contributed by atoms with Gasteiger partial charge in [0.1, 0.15) is 11.6 Å². The molecule has 1 heterocycles. The highest BCUT2D eigenvalue weighted by atomic mass is 19.1. The van der Waals surface area contributed by atoms with Gasteiger partial charge in [0.15, 0.2) is 0 Å². The SMILES string of the molecule is CNC(Cc1cccc(F)c1)C1=CCCO1. The number of hydrogen-bond acceptors (Lipinski definition) is 2. The fourth-order valence-corrected chi connectivity index (χ4v) is 1.92. The topological polar surface area (TPSA) is 21.3 Å². The second kappa shape index (κ2) is 5.12. The van der Waals surface area contributed by atoms with Crippen LogP contribution in [0.1, 0.15) is 12.0 Å². The second-order valence-electron chi connectivity index (χ2n) is 3.92. The van der Waals surface area contributed by atoms with Crippen LogP contribution in [0.5, 0.6) is 0 Å². The Kier molecular flexibility index (Phi) is 3.57. The Labute approximate surface area is 95.1 Å². The monoisotopic (exact) mass is 221 g/mol. The fraction of sp³-hybridized carbons (Fsp3) is 0.385. The van der Waals surface area contributed by atoms with Crippen molar-refractivity contribution >= 4 is 0 Å². The molecule has 2 rings (SSSR count). The van der Waals surface area contributed by atoms with E-state index in [0.717, 1.165) is 30.8 Å². The zero-order valence-corrected chi connectivity index (χ0v) is 9.37. The van der Waals surface area contributed by atoms with E-state index in [2.05, 4.69) is 11.4 Å². The summed E-state index contributed by atoms with van der Waals surface area (Å²) in [7, 11) is 1.90. The van der Waals surface area contributed by atoms with Crippen molar-refractivity contribution in [3.8, 4) is 0 Å². The van der Waals surface area contributed by atoms with Gasteiger partial charge in [-0.25, -0.2) is 4.39 Å². The van der Waals surface area contributed by atoms with Crippen LogP contribution in [0.2, 0.25) is 0 Å². The Morgan fingerprint density at radius 3 is 3.00 bits per heavy atom. The number of halogens is 1. The van der Waals surface area contributed by atoms with Gasteiger partial charge in [0.25, 0.3) is 0 Å². The van der Waals surface area contributed by atoms with Crippen LogP contribution in [0.4, 0.5) is 4.39 Å². The molecular formula is C13H16FNO. The first-order chi connectivity index (χ1) is 7.79.